The third-order valence-corrected chi connectivity index (χ3v) is 4.92. The van der Waals surface area contributed by atoms with E-state index in [-0.39, 0.29) is 19.0 Å². The molecule has 1 aliphatic heterocycles. The quantitative estimate of drug-likeness (QED) is 0.844. The van der Waals surface area contributed by atoms with Crippen molar-refractivity contribution in [3.63, 3.8) is 0 Å². The normalized spacial score (nSPS) is 14.6. The number of aryl methyl sites for hydroxylation is 1. The summed E-state index contributed by atoms with van der Waals surface area (Å²) in [6, 6.07) is 14.5. The van der Waals surface area contributed by atoms with Gasteiger partial charge in [-0.3, -0.25) is 9.59 Å². The molecule has 0 saturated carbocycles. The predicted octanol–water partition coefficient (Wildman–Crippen LogP) is 3.71. The monoisotopic (exact) mass is 405 g/mol. The van der Waals surface area contributed by atoms with Crippen molar-refractivity contribution in [2.75, 3.05) is 36.4 Å². The lowest BCUT2D eigenvalue weighted by Crippen LogP contribution is -2.52. The minimum absolute atomic E-state index is 0.0184. The van der Waals surface area contributed by atoms with Crippen molar-refractivity contribution in [3.8, 4) is 0 Å². The van der Waals surface area contributed by atoms with Gasteiger partial charge >= 0.3 is 12.1 Å². The van der Waals surface area contributed by atoms with E-state index in [1.807, 2.05) is 24.0 Å². The summed E-state index contributed by atoms with van der Waals surface area (Å²) < 4.78 is 37.6. The van der Waals surface area contributed by atoms with E-state index < -0.39 is 12.1 Å². The lowest BCUT2D eigenvalue weighted by Gasteiger charge is -2.36. The van der Waals surface area contributed by atoms with E-state index in [0.29, 0.717) is 24.3 Å². The van der Waals surface area contributed by atoms with Crippen molar-refractivity contribution in [1.29, 1.82) is 0 Å². The van der Waals surface area contributed by atoms with E-state index in [2.05, 4.69) is 5.32 Å². The first-order valence-electron chi connectivity index (χ1n) is 9.39. The SMILES string of the molecule is CCc1ccc(C(=O)Nc2ccc(N3CCN(C(=O)C(F)(F)F)CC3)cc2)cc1. The molecule has 0 aliphatic carbocycles. The number of nitrogens with one attached hydrogen (secondary N) is 1. The summed E-state index contributed by atoms with van der Waals surface area (Å²) in [6.45, 7) is 2.72. The van der Waals surface area contributed by atoms with Gasteiger partial charge in [0.05, 0.1) is 0 Å². The highest BCUT2D eigenvalue weighted by Crippen LogP contribution is 2.23. The summed E-state index contributed by atoms with van der Waals surface area (Å²) in [5.41, 5.74) is 3.18. The van der Waals surface area contributed by atoms with Crippen LogP contribution in [0.4, 0.5) is 24.5 Å². The molecule has 29 heavy (non-hydrogen) atoms. The average molecular weight is 405 g/mol. The van der Waals surface area contributed by atoms with Gasteiger partial charge in [-0.2, -0.15) is 13.2 Å². The van der Waals surface area contributed by atoms with Gasteiger partial charge in [-0.05, 0) is 48.4 Å². The number of carbonyl (C=O) groups excluding carboxylic acids is 2. The molecule has 0 unspecified atom stereocenters. The number of amides is 2. The van der Waals surface area contributed by atoms with Crippen molar-refractivity contribution in [1.82, 2.24) is 4.90 Å². The Balaban J connectivity index is 1.56. The van der Waals surface area contributed by atoms with Gasteiger partial charge in [-0.1, -0.05) is 19.1 Å². The topological polar surface area (TPSA) is 52.7 Å². The molecule has 2 aromatic rings. The van der Waals surface area contributed by atoms with Crippen molar-refractivity contribution in [2.45, 2.75) is 19.5 Å². The third kappa shape index (κ3) is 5.07. The summed E-state index contributed by atoms with van der Waals surface area (Å²) in [5.74, 6) is -2.00. The fourth-order valence-electron chi connectivity index (χ4n) is 3.20. The highest BCUT2D eigenvalue weighted by molar-refractivity contribution is 6.04. The molecule has 154 valence electrons. The Hall–Kier alpha value is -3.03. The second-order valence-corrected chi connectivity index (χ2v) is 6.83. The molecule has 2 aromatic carbocycles. The summed E-state index contributed by atoms with van der Waals surface area (Å²) in [4.78, 5) is 26.4. The second-order valence-electron chi connectivity index (χ2n) is 6.83. The standard InChI is InChI=1S/C21H22F3N3O2/c1-2-15-3-5-16(6-4-15)19(28)25-17-7-9-18(10-8-17)26-11-13-27(14-12-26)20(29)21(22,23)24/h3-10H,2,11-14H2,1H3,(H,25,28). The van der Waals surface area contributed by atoms with E-state index >= 15 is 0 Å². The number of hydrogen-bond acceptors (Lipinski definition) is 3. The molecule has 2 amide bonds. The molecular weight excluding hydrogens is 383 g/mol. The average Bonchev–Trinajstić information content (AvgIpc) is 2.73. The van der Waals surface area contributed by atoms with Gasteiger partial charge in [0.15, 0.2) is 0 Å². The smallest absolute Gasteiger partial charge is 0.368 e. The highest BCUT2D eigenvalue weighted by atomic mass is 19.4. The molecule has 1 fully saturated rings. The summed E-state index contributed by atoms with van der Waals surface area (Å²) in [5, 5.41) is 2.83. The molecule has 1 N–H and O–H groups in total. The van der Waals surface area contributed by atoms with Crippen LogP contribution in [0, 0.1) is 0 Å². The number of anilines is 2. The zero-order valence-corrected chi connectivity index (χ0v) is 16.0. The van der Waals surface area contributed by atoms with Gasteiger partial charge in [0.25, 0.3) is 5.91 Å². The fraction of sp³-hybridized carbons (Fsp3) is 0.333. The van der Waals surface area contributed by atoms with Crippen molar-refractivity contribution >= 4 is 23.2 Å². The van der Waals surface area contributed by atoms with Crippen LogP contribution in [-0.2, 0) is 11.2 Å². The van der Waals surface area contributed by atoms with Crippen molar-refractivity contribution < 1.29 is 22.8 Å². The maximum Gasteiger partial charge on any atom is 0.471 e. The minimum Gasteiger partial charge on any atom is -0.368 e. The molecule has 3 rings (SSSR count). The fourth-order valence-corrected chi connectivity index (χ4v) is 3.20. The Kier molecular flexibility index (Phi) is 6.10. The van der Waals surface area contributed by atoms with Gasteiger partial charge in [-0.25, -0.2) is 0 Å². The number of alkyl halides is 3. The number of benzene rings is 2. The molecular formula is C21H22F3N3O2. The minimum atomic E-state index is -4.83. The number of hydrogen-bond donors (Lipinski definition) is 1. The molecule has 0 spiro atoms. The number of carbonyl (C=O) groups is 2. The van der Waals surface area contributed by atoms with Crippen molar-refractivity contribution in [2.24, 2.45) is 0 Å². The second kappa shape index (κ2) is 8.55. The van der Waals surface area contributed by atoms with E-state index in [4.69, 9.17) is 0 Å². The van der Waals surface area contributed by atoms with Crippen LogP contribution in [0.5, 0.6) is 0 Å². The molecule has 1 saturated heterocycles. The van der Waals surface area contributed by atoms with Gasteiger partial charge in [0, 0.05) is 43.1 Å². The van der Waals surface area contributed by atoms with Crippen LogP contribution in [0.3, 0.4) is 0 Å². The number of rotatable bonds is 4. The molecule has 1 aliphatic rings. The number of halogens is 3. The van der Waals surface area contributed by atoms with Crippen LogP contribution in [0.25, 0.3) is 0 Å². The van der Waals surface area contributed by atoms with E-state index in [9.17, 15) is 22.8 Å². The Morgan fingerprint density at radius 1 is 0.931 bits per heavy atom. The first-order valence-corrected chi connectivity index (χ1v) is 9.39. The Morgan fingerprint density at radius 2 is 1.52 bits per heavy atom. The maximum atomic E-state index is 12.5. The van der Waals surface area contributed by atoms with Gasteiger partial charge in [0.2, 0.25) is 0 Å². The van der Waals surface area contributed by atoms with E-state index in [0.717, 1.165) is 22.6 Å². The van der Waals surface area contributed by atoms with Crippen LogP contribution in [-0.4, -0.2) is 49.1 Å². The third-order valence-electron chi connectivity index (χ3n) is 4.92. The van der Waals surface area contributed by atoms with Crippen molar-refractivity contribution in [3.05, 3.63) is 59.7 Å². The molecule has 5 nitrogen and oxygen atoms in total. The van der Waals surface area contributed by atoms with Crippen LogP contribution in [0.1, 0.15) is 22.8 Å². The Labute approximate surface area is 167 Å². The van der Waals surface area contributed by atoms with Gasteiger partial charge in [-0.15, -0.1) is 0 Å². The summed E-state index contributed by atoms with van der Waals surface area (Å²) in [7, 11) is 0. The van der Waals surface area contributed by atoms with Crippen LogP contribution >= 0.6 is 0 Å². The number of nitrogens with zero attached hydrogens (tertiary/aromatic N) is 2. The largest absolute Gasteiger partial charge is 0.471 e. The molecule has 0 atom stereocenters. The molecule has 0 aromatic heterocycles. The maximum absolute atomic E-state index is 12.5. The lowest BCUT2D eigenvalue weighted by molar-refractivity contribution is -0.185. The Bertz CT molecular complexity index is 856. The van der Waals surface area contributed by atoms with E-state index in [1.165, 1.54) is 0 Å². The van der Waals surface area contributed by atoms with Gasteiger partial charge in [0.1, 0.15) is 0 Å². The lowest BCUT2D eigenvalue weighted by atomic mass is 10.1. The van der Waals surface area contributed by atoms with Crippen LogP contribution < -0.4 is 10.2 Å². The van der Waals surface area contributed by atoms with E-state index in [1.54, 1.807) is 36.4 Å². The zero-order chi connectivity index (χ0) is 21.0. The molecule has 1 heterocycles. The summed E-state index contributed by atoms with van der Waals surface area (Å²) in [6.07, 6.45) is -3.93. The predicted molar refractivity (Wildman–Crippen MR) is 105 cm³/mol. The molecule has 0 radical (unpaired) electrons. The zero-order valence-electron chi connectivity index (χ0n) is 16.0. The first kappa shape index (κ1) is 20.7. The molecule has 0 bridgehead atoms. The highest BCUT2D eigenvalue weighted by Gasteiger charge is 2.43. The van der Waals surface area contributed by atoms with Crippen LogP contribution in [0.2, 0.25) is 0 Å². The first-order chi connectivity index (χ1) is 13.8. The van der Waals surface area contributed by atoms with Gasteiger partial charge < -0.3 is 15.1 Å². The Morgan fingerprint density at radius 3 is 2.03 bits per heavy atom. The molecule has 8 heteroatoms. The number of piperazine rings is 1. The summed E-state index contributed by atoms with van der Waals surface area (Å²) >= 11 is 0. The van der Waals surface area contributed by atoms with Crippen LogP contribution in [0.15, 0.2) is 48.5 Å².